The highest BCUT2D eigenvalue weighted by molar-refractivity contribution is 6.51. The number of rotatable bonds is 4. The van der Waals surface area contributed by atoms with Gasteiger partial charge in [-0.15, -0.1) is 12.4 Å². The van der Waals surface area contributed by atoms with Gasteiger partial charge in [-0.05, 0) is 44.8 Å². The van der Waals surface area contributed by atoms with Gasteiger partial charge in [0.25, 0.3) is 11.8 Å². The number of nitrogens with zero attached hydrogens (tertiary/aromatic N) is 3. The van der Waals surface area contributed by atoms with Crippen LogP contribution in [0.15, 0.2) is 54.7 Å². The van der Waals surface area contributed by atoms with Gasteiger partial charge in [0.15, 0.2) is 0 Å². The first kappa shape index (κ1) is 17.1. The zero-order valence-electron chi connectivity index (χ0n) is 25.2. The molecule has 2 aromatic carbocycles. The molecule has 0 saturated heterocycles. The number of para-hydroxylation sites is 2. The van der Waals surface area contributed by atoms with E-state index in [1.165, 1.54) is 0 Å². The van der Waals surface area contributed by atoms with E-state index >= 15 is 0 Å². The number of fused-ring (bicyclic) bond motifs is 4. The Labute approximate surface area is 219 Å². The van der Waals surface area contributed by atoms with Gasteiger partial charge in [0.05, 0.1) is 11.1 Å². The molecule has 35 heavy (non-hydrogen) atoms. The number of carbonyl (C=O) groups excluding carboxylic acids is 2. The Balaban J connectivity index is 0.00000337. The average Bonchev–Trinajstić information content (AvgIpc) is 3.48. The standard InChI is InChI=1S/C28H28N4O2.ClH/c1-30(2)15-17-12-13-32-22-11-7-5-9-19(22)24(23(32)14-17)26-25(27(33)29-28(26)34)20-16-31(3)21-10-6-4-8-18(20)21;/h4-11,16-17H,12-15H2,1-3H3,(H,29,33,34);1H/i1D3,2D3;. The van der Waals surface area contributed by atoms with Crippen molar-refractivity contribution in [2.24, 2.45) is 13.0 Å². The van der Waals surface area contributed by atoms with E-state index in [-0.39, 0.29) is 30.4 Å². The molecule has 0 radical (unpaired) electrons. The molecular weight excluding hydrogens is 460 g/mol. The molecule has 180 valence electrons. The van der Waals surface area contributed by atoms with Crippen molar-refractivity contribution >= 4 is 57.2 Å². The number of imide groups is 1. The van der Waals surface area contributed by atoms with Crippen LogP contribution in [-0.4, -0.2) is 46.3 Å². The van der Waals surface area contributed by atoms with Crippen LogP contribution >= 0.6 is 12.4 Å². The predicted octanol–water partition coefficient (Wildman–Crippen LogP) is 4.25. The molecule has 7 heteroatoms. The minimum atomic E-state index is -2.78. The SMILES string of the molecule is Cl.[2H]C([2H])([2H])N(CC1CCn2c(c(C3=C(c4cn(C)c5ccccc45)C(=O)NC3=O)c3ccccc32)C1)C([2H])([2H])[2H]. The Morgan fingerprint density at radius 2 is 1.69 bits per heavy atom. The number of aromatic nitrogens is 2. The maximum Gasteiger partial charge on any atom is 0.259 e. The number of hydrogen-bond donors (Lipinski definition) is 1. The summed E-state index contributed by atoms with van der Waals surface area (Å²) in [5, 5.41) is 4.17. The smallest absolute Gasteiger partial charge is 0.259 e. The van der Waals surface area contributed by atoms with Crippen LogP contribution in [0.2, 0.25) is 0 Å². The molecule has 0 fully saturated rings. The highest BCUT2D eigenvalue weighted by Gasteiger charge is 2.38. The minimum absolute atomic E-state index is 0. The highest BCUT2D eigenvalue weighted by Crippen LogP contribution is 2.42. The molecule has 0 bridgehead atoms. The topological polar surface area (TPSA) is 59.3 Å². The largest absolute Gasteiger partial charge is 0.350 e. The minimum Gasteiger partial charge on any atom is -0.350 e. The molecule has 1 unspecified atom stereocenters. The third-order valence-electron chi connectivity index (χ3n) is 7.11. The number of benzene rings is 2. The summed E-state index contributed by atoms with van der Waals surface area (Å²) in [6.07, 6.45) is 2.80. The van der Waals surface area contributed by atoms with Crippen LogP contribution < -0.4 is 5.32 Å². The Hall–Kier alpha value is -3.35. The molecule has 0 spiro atoms. The second-order valence-corrected chi connectivity index (χ2v) is 9.16. The first-order valence-electron chi connectivity index (χ1n) is 14.4. The number of aryl methyl sites for hydroxylation is 2. The summed E-state index contributed by atoms with van der Waals surface area (Å²) in [4.78, 5) is 27.4. The Morgan fingerprint density at radius 3 is 2.46 bits per heavy atom. The van der Waals surface area contributed by atoms with Crippen molar-refractivity contribution < 1.29 is 17.8 Å². The zero-order chi connectivity index (χ0) is 28.6. The van der Waals surface area contributed by atoms with Crippen LogP contribution in [0, 0.1) is 5.92 Å². The summed E-state index contributed by atoms with van der Waals surface area (Å²) in [6.45, 7) is -5.17. The van der Waals surface area contributed by atoms with Crippen molar-refractivity contribution in [2.45, 2.75) is 19.4 Å². The quantitative estimate of drug-likeness (QED) is 0.431. The van der Waals surface area contributed by atoms with E-state index < -0.39 is 25.8 Å². The fourth-order valence-electron chi connectivity index (χ4n) is 5.70. The molecule has 0 saturated carbocycles. The summed E-state index contributed by atoms with van der Waals surface area (Å²) in [5.74, 6) is -1.23. The van der Waals surface area contributed by atoms with Crippen LogP contribution in [0.5, 0.6) is 0 Å². The second kappa shape index (κ2) is 8.70. The number of nitrogens with one attached hydrogen (secondary N) is 1. The van der Waals surface area contributed by atoms with E-state index in [0.717, 1.165) is 27.5 Å². The molecule has 6 nitrogen and oxygen atoms in total. The van der Waals surface area contributed by atoms with Crippen LogP contribution in [0.1, 0.15) is 31.5 Å². The fourth-order valence-corrected chi connectivity index (χ4v) is 5.70. The van der Waals surface area contributed by atoms with E-state index in [1.807, 2.05) is 66.3 Å². The molecule has 2 aliphatic heterocycles. The van der Waals surface area contributed by atoms with Gasteiger partial charge in [0.1, 0.15) is 0 Å². The molecule has 1 N–H and O–H groups in total. The Kier molecular flexibility index (Phi) is 4.26. The van der Waals surface area contributed by atoms with Gasteiger partial charge >= 0.3 is 0 Å². The third-order valence-corrected chi connectivity index (χ3v) is 7.11. The van der Waals surface area contributed by atoms with Crippen LogP contribution in [-0.2, 0) is 29.6 Å². The number of hydrogen-bond acceptors (Lipinski definition) is 3. The summed E-state index contributed by atoms with van der Waals surface area (Å²) in [6, 6.07) is 15.4. The van der Waals surface area contributed by atoms with E-state index in [1.54, 1.807) is 0 Å². The lowest BCUT2D eigenvalue weighted by Crippen LogP contribution is -2.29. The first-order valence-corrected chi connectivity index (χ1v) is 11.4. The van der Waals surface area contributed by atoms with E-state index in [2.05, 4.69) is 9.88 Å². The van der Waals surface area contributed by atoms with Crippen molar-refractivity contribution in [3.63, 3.8) is 0 Å². The van der Waals surface area contributed by atoms with Gasteiger partial charge in [0, 0.05) is 73.2 Å². The van der Waals surface area contributed by atoms with Crippen molar-refractivity contribution in [3.05, 3.63) is 71.5 Å². The normalized spacial score (nSPS) is 21.1. The lowest BCUT2D eigenvalue weighted by Gasteiger charge is -2.28. The molecule has 2 aromatic heterocycles. The molecule has 2 aliphatic rings. The highest BCUT2D eigenvalue weighted by atomic mass is 35.5. The maximum atomic E-state index is 13.5. The third kappa shape index (κ3) is 3.60. The number of amides is 2. The van der Waals surface area contributed by atoms with Gasteiger partial charge in [-0.3, -0.25) is 14.9 Å². The monoisotopic (exact) mass is 494 g/mol. The van der Waals surface area contributed by atoms with Crippen molar-refractivity contribution in [2.75, 3.05) is 20.5 Å². The molecule has 6 rings (SSSR count). The zero-order valence-corrected chi connectivity index (χ0v) is 20.0. The fraction of sp³-hybridized carbons (Fsp3) is 0.286. The molecule has 2 amide bonds. The summed E-state index contributed by atoms with van der Waals surface area (Å²) < 4.78 is 50.9. The number of halogens is 1. The number of carbonyl (C=O) groups is 2. The summed E-state index contributed by atoms with van der Waals surface area (Å²) in [7, 11) is 1.89. The van der Waals surface area contributed by atoms with Crippen LogP contribution in [0.3, 0.4) is 0 Å². The van der Waals surface area contributed by atoms with Crippen molar-refractivity contribution in [1.82, 2.24) is 19.4 Å². The first-order chi connectivity index (χ1) is 18.9. The molecule has 1 atom stereocenters. The van der Waals surface area contributed by atoms with Crippen molar-refractivity contribution in [3.8, 4) is 0 Å². The van der Waals surface area contributed by atoms with Gasteiger partial charge in [-0.1, -0.05) is 36.4 Å². The van der Waals surface area contributed by atoms with Crippen LogP contribution in [0.4, 0.5) is 0 Å². The predicted molar refractivity (Wildman–Crippen MR) is 142 cm³/mol. The molecule has 4 aromatic rings. The van der Waals surface area contributed by atoms with Gasteiger partial charge < -0.3 is 14.0 Å². The van der Waals surface area contributed by atoms with Crippen molar-refractivity contribution in [1.29, 1.82) is 0 Å². The summed E-state index contributed by atoms with van der Waals surface area (Å²) >= 11 is 0. The Bertz CT molecular complexity index is 1720. The van der Waals surface area contributed by atoms with Gasteiger partial charge in [0.2, 0.25) is 0 Å². The van der Waals surface area contributed by atoms with E-state index in [4.69, 9.17) is 8.22 Å². The van der Waals surface area contributed by atoms with Crippen LogP contribution in [0.25, 0.3) is 33.0 Å². The van der Waals surface area contributed by atoms with E-state index in [9.17, 15) is 9.59 Å². The molecular formula is C28H29ClN4O2. The lowest BCUT2D eigenvalue weighted by molar-refractivity contribution is -0.122. The lowest BCUT2D eigenvalue weighted by atomic mass is 9.89. The van der Waals surface area contributed by atoms with Gasteiger partial charge in [-0.25, -0.2) is 0 Å². The molecule has 4 heterocycles. The summed E-state index contributed by atoms with van der Waals surface area (Å²) in [5.41, 5.74) is 4.52. The maximum absolute atomic E-state index is 13.5. The average molecular weight is 495 g/mol. The van der Waals surface area contributed by atoms with E-state index in [0.29, 0.717) is 41.0 Å². The molecule has 0 aliphatic carbocycles. The second-order valence-electron chi connectivity index (χ2n) is 9.16. The van der Waals surface area contributed by atoms with Gasteiger partial charge in [-0.2, -0.15) is 0 Å². The Morgan fingerprint density at radius 1 is 1.00 bits per heavy atom.